The maximum absolute atomic E-state index is 14.0. The fraction of sp³-hybridized carbons (Fsp3) is 0.0952. The van der Waals surface area contributed by atoms with Gasteiger partial charge in [-0.2, -0.15) is 0 Å². The fourth-order valence-corrected chi connectivity index (χ4v) is 3.86. The highest BCUT2D eigenvalue weighted by Gasteiger charge is 2.22. The van der Waals surface area contributed by atoms with Crippen molar-refractivity contribution < 1.29 is 27.1 Å². The molecule has 0 saturated heterocycles. The van der Waals surface area contributed by atoms with Crippen LogP contribution in [0.2, 0.25) is 0 Å². The molecule has 0 atom stereocenters. The maximum atomic E-state index is 14.0. The number of hydrogen-bond acceptors (Lipinski definition) is 5. The lowest BCUT2D eigenvalue weighted by Crippen LogP contribution is -2.16. The molecule has 0 aliphatic rings. The summed E-state index contributed by atoms with van der Waals surface area (Å²) in [6.45, 7) is 0. The largest absolute Gasteiger partial charge is 0.494 e. The Kier molecular flexibility index (Phi) is 6.22. The van der Waals surface area contributed by atoms with Gasteiger partial charge in [-0.05, 0) is 24.3 Å². The first-order valence-electron chi connectivity index (χ1n) is 8.75. The molecule has 30 heavy (non-hydrogen) atoms. The SMILES string of the molecule is COc1cc(NS(=O)(=O)c2ccccc2F)c(OC)cc1NC(=O)c1ccccc1. The summed E-state index contributed by atoms with van der Waals surface area (Å²) in [7, 11) is -1.52. The van der Waals surface area contributed by atoms with E-state index in [1.807, 2.05) is 0 Å². The van der Waals surface area contributed by atoms with E-state index in [4.69, 9.17) is 9.47 Å². The number of methoxy groups -OCH3 is 2. The molecule has 0 radical (unpaired) electrons. The van der Waals surface area contributed by atoms with Crippen LogP contribution in [0.3, 0.4) is 0 Å². The normalized spacial score (nSPS) is 10.9. The van der Waals surface area contributed by atoms with Gasteiger partial charge < -0.3 is 14.8 Å². The Morgan fingerprint density at radius 1 is 0.867 bits per heavy atom. The molecule has 156 valence electrons. The standard InChI is InChI=1S/C21H19FN2O5S/c1-28-18-13-17(24-30(26,27)20-11-7-6-10-15(20)22)19(29-2)12-16(18)23-21(25)14-8-4-3-5-9-14/h3-13,24H,1-2H3,(H,23,25). The lowest BCUT2D eigenvalue weighted by atomic mass is 10.2. The Bertz CT molecular complexity index is 1170. The van der Waals surface area contributed by atoms with E-state index in [-0.39, 0.29) is 28.8 Å². The van der Waals surface area contributed by atoms with E-state index in [1.54, 1.807) is 30.3 Å². The summed E-state index contributed by atoms with van der Waals surface area (Å²) in [4.78, 5) is 12.0. The van der Waals surface area contributed by atoms with E-state index < -0.39 is 20.7 Å². The molecule has 0 unspecified atom stereocenters. The molecule has 2 N–H and O–H groups in total. The van der Waals surface area contributed by atoms with Gasteiger partial charge in [-0.3, -0.25) is 9.52 Å². The molecule has 0 aromatic heterocycles. The van der Waals surface area contributed by atoms with Gasteiger partial charge in [-0.1, -0.05) is 30.3 Å². The van der Waals surface area contributed by atoms with Crippen molar-refractivity contribution in [2.24, 2.45) is 0 Å². The summed E-state index contributed by atoms with van der Waals surface area (Å²) >= 11 is 0. The molecule has 0 heterocycles. The predicted molar refractivity (Wildman–Crippen MR) is 111 cm³/mol. The molecule has 9 heteroatoms. The predicted octanol–water partition coefficient (Wildman–Crippen LogP) is 3.90. The number of hydrogen-bond donors (Lipinski definition) is 2. The number of amides is 1. The topological polar surface area (TPSA) is 93.7 Å². The van der Waals surface area contributed by atoms with Crippen LogP contribution in [0.25, 0.3) is 0 Å². The minimum Gasteiger partial charge on any atom is -0.494 e. The average molecular weight is 430 g/mol. The van der Waals surface area contributed by atoms with Gasteiger partial charge in [0.15, 0.2) is 0 Å². The molecule has 0 saturated carbocycles. The lowest BCUT2D eigenvalue weighted by molar-refractivity contribution is 0.102. The number of carbonyl (C=O) groups excluding carboxylic acids is 1. The highest BCUT2D eigenvalue weighted by atomic mass is 32.2. The van der Waals surface area contributed by atoms with Crippen LogP contribution in [0.4, 0.5) is 15.8 Å². The molecule has 3 aromatic rings. The van der Waals surface area contributed by atoms with Crippen LogP contribution in [0.5, 0.6) is 11.5 Å². The average Bonchev–Trinajstić information content (AvgIpc) is 2.75. The summed E-state index contributed by atoms with van der Waals surface area (Å²) in [5.74, 6) is -0.969. The number of benzene rings is 3. The second-order valence-electron chi connectivity index (χ2n) is 6.11. The van der Waals surface area contributed by atoms with Gasteiger partial charge in [0.25, 0.3) is 15.9 Å². The van der Waals surface area contributed by atoms with Crippen molar-refractivity contribution in [3.8, 4) is 11.5 Å². The first-order valence-corrected chi connectivity index (χ1v) is 10.2. The zero-order chi connectivity index (χ0) is 21.7. The summed E-state index contributed by atoms with van der Waals surface area (Å²) < 4.78 is 52.0. The van der Waals surface area contributed by atoms with Crippen molar-refractivity contribution in [1.82, 2.24) is 0 Å². The Morgan fingerprint density at radius 3 is 2.07 bits per heavy atom. The van der Waals surface area contributed by atoms with E-state index >= 15 is 0 Å². The molecular formula is C21H19FN2O5S. The molecule has 0 bridgehead atoms. The summed E-state index contributed by atoms with van der Waals surface area (Å²) in [5.41, 5.74) is 0.732. The smallest absolute Gasteiger partial charge is 0.264 e. The lowest BCUT2D eigenvalue weighted by Gasteiger charge is -2.17. The second kappa shape index (κ2) is 8.83. The third-order valence-electron chi connectivity index (χ3n) is 4.18. The number of anilines is 2. The molecule has 0 aliphatic heterocycles. The fourth-order valence-electron chi connectivity index (χ4n) is 2.72. The van der Waals surface area contributed by atoms with E-state index in [1.165, 1.54) is 38.5 Å². The number of ether oxygens (including phenoxy) is 2. The van der Waals surface area contributed by atoms with Crippen molar-refractivity contribution in [3.63, 3.8) is 0 Å². The van der Waals surface area contributed by atoms with Crippen molar-refractivity contribution in [2.75, 3.05) is 24.3 Å². The summed E-state index contributed by atoms with van der Waals surface area (Å²) in [5, 5.41) is 2.70. The van der Waals surface area contributed by atoms with Crippen molar-refractivity contribution in [2.45, 2.75) is 4.90 Å². The van der Waals surface area contributed by atoms with E-state index in [0.29, 0.717) is 5.56 Å². The van der Waals surface area contributed by atoms with Gasteiger partial charge in [0.05, 0.1) is 25.6 Å². The van der Waals surface area contributed by atoms with Crippen LogP contribution < -0.4 is 19.5 Å². The third kappa shape index (κ3) is 4.52. The summed E-state index contributed by atoms with van der Waals surface area (Å²) in [6, 6.07) is 16.3. The number of rotatable bonds is 7. The van der Waals surface area contributed by atoms with E-state index in [9.17, 15) is 17.6 Å². The first-order chi connectivity index (χ1) is 14.4. The van der Waals surface area contributed by atoms with Crippen LogP contribution >= 0.6 is 0 Å². The monoisotopic (exact) mass is 430 g/mol. The molecule has 0 aliphatic carbocycles. The van der Waals surface area contributed by atoms with Gasteiger partial charge >= 0.3 is 0 Å². The zero-order valence-corrected chi connectivity index (χ0v) is 17.0. The number of carbonyl (C=O) groups is 1. The van der Waals surface area contributed by atoms with Crippen molar-refractivity contribution in [1.29, 1.82) is 0 Å². The quantitative estimate of drug-likeness (QED) is 0.593. The third-order valence-corrected chi connectivity index (χ3v) is 5.58. The van der Waals surface area contributed by atoms with Gasteiger partial charge in [0.1, 0.15) is 22.2 Å². The van der Waals surface area contributed by atoms with Gasteiger partial charge in [0.2, 0.25) is 0 Å². The van der Waals surface area contributed by atoms with Gasteiger partial charge in [-0.15, -0.1) is 0 Å². The Hall–Kier alpha value is -3.59. The van der Waals surface area contributed by atoms with Gasteiger partial charge in [-0.25, -0.2) is 12.8 Å². The summed E-state index contributed by atoms with van der Waals surface area (Å²) in [6.07, 6.45) is 0. The Morgan fingerprint density at radius 2 is 1.43 bits per heavy atom. The van der Waals surface area contributed by atoms with Crippen LogP contribution in [-0.4, -0.2) is 28.5 Å². The number of sulfonamides is 1. The molecule has 0 fully saturated rings. The number of halogens is 1. The van der Waals surface area contributed by atoms with Crippen molar-refractivity contribution >= 4 is 27.3 Å². The maximum Gasteiger partial charge on any atom is 0.264 e. The molecule has 3 aromatic carbocycles. The number of nitrogens with one attached hydrogen (secondary N) is 2. The molecule has 3 rings (SSSR count). The minimum absolute atomic E-state index is 0.0234. The minimum atomic E-state index is -4.23. The van der Waals surface area contributed by atoms with Gasteiger partial charge in [0, 0.05) is 17.7 Å². The first kappa shape index (κ1) is 21.1. The Balaban J connectivity index is 1.95. The van der Waals surface area contributed by atoms with Crippen LogP contribution in [0.1, 0.15) is 10.4 Å². The van der Waals surface area contributed by atoms with Crippen molar-refractivity contribution in [3.05, 3.63) is 78.1 Å². The molecule has 0 spiro atoms. The highest BCUT2D eigenvalue weighted by Crippen LogP contribution is 2.37. The van der Waals surface area contributed by atoms with E-state index in [2.05, 4.69) is 10.0 Å². The molecule has 7 nitrogen and oxygen atoms in total. The molecule has 1 amide bonds. The zero-order valence-electron chi connectivity index (χ0n) is 16.2. The van der Waals surface area contributed by atoms with Crippen LogP contribution in [0, 0.1) is 5.82 Å². The second-order valence-corrected chi connectivity index (χ2v) is 7.76. The Labute approximate surface area is 173 Å². The molecular weight excluding hydrogens is 411 g/mol. The highest BCUT2D eigenvalue weighted by molar-refractivity contribution is 7.92. The van der Waals surface area contributed by atoms with Crippen LogP contribution in [-0.2, 0) is 10.0 Å². The van der Waals surface area contributed by atoms with Crippen LogP contribution in [0.15, 0.2) is 71.6 Å². The van der Waals surface area contributed by atoms with E-state index in [0.717, 1.165) is 12.1 Å².